The van der Waals surface area contributed by atoms with Crippen LogP contribution < -0.4 is 9.04 Å². The number of hydrogen-bond donors (Lipinski definition) is 1. The number of carboxylic acids is 1. The number of rotatable bonds is 7. The van der Waals surface area contributed by atoms with Crippen molar-refractivity contribution < 1.29 is 27.8 Å². The molecule has 1 N–H and O–H groups in total. The van der Waals surface area contributed by atoms with Crippen LogP contribution in [0.1, 0.15) is 69.4 Å². The maximum atomic E-state index is 14.3. The average molecular weight is 542 g/mol. The fraction of sp³-hybridized carbons (Fsp3) is 0.567. The molecule has 1 aliphatic heterocycles. The smallest absolute Gasteiger partial charge is 0.329 e. The molecule has 2 fully saturated rings. The molecule has 7 nitrogen and oxygen atoms in total. The van der Waals surface area contributed by atoms with Crippen molar-refractivity contribution in [3.8, 4) is 16.9 Å². The van der Waals surface area contributed by atoms with Gasteiger partial charge in [-0.2, -0.15) is 0 Å². The van der Waals surface area contributed by atoms with Gasteiger partial charge in [-0.25, -0.2) is 13.2 Å². The van der Waals surface area contributed by atoms with E-state index in [1.165, 1.54) is 12.0 Å². The molecule has 5 rings (SSSR count). The van der Waals surface area contributed by atoms with Gasteiger partial charge in [0.05, 0.1) is 24.2 Å². The van der Waals surface area contributed by atoms with Gasteiger partial charge >= 0.3 is 5.97 Å². The van der Waals surface area contributed by atoms with Crippen molar-refractivity contribution >= 4 is 21.7 Å². The molecule has 0 amide bonds. The number of ether oxygens (including phenoxy) is 2. The van der Waals surface area contributed by atoms with Crippen molar-refractivity contribution in [2.24, 2.45) is 5.92 Å². The summed E-state index contributed by atoms with van der Waals surface area (Å²) in [6, 6.07) is 12.4. The predicted octanol–water partition coefficient (Wildman–Crippen LogP) is 5.68. The van der Waals surface area contributed by atoms with Gasteiger partial charge in [0.25, 0.3) is 0 Å². The number of carboxylic acid groups (broad SMARTS) is 1. The molecule has 3 aliphatic rings. The number of benzene rings is 2. The van der Waals surface area contributed by atoms with Crippen LogP contribution in [-0.4, -0.2) is 51.1 Å². The number of anilines is 1. The Morgan fingerprint density at radius 3 is 2.55 bits per heavy atom. The van der Waals surface area contributed by atoms with Gasteiger partial charge in [0.2, 0.25) is 10.0 Å². The first-order valence-corrected chi connectivity index (χ1v) is 15.3. The Morgan fingerprint density at radius 1 is 1.11 bits per heavy atom. The van der Waals surface area contributed by atoms with Crippen molar-refractivity contribution in [2.45, 2.75) is 82.0 Å². The van der Waals surface area contributed by atoms with Crippen LogP contribution in [0.5, 0.6) is 5.75 Å². The molecule has 0 saturated heterocycles. The highest BCUT2D eigenvalue weighted by Crippen LogP contribution is 2.53. The molecule has 3 atom stereocenters. The zero-order valence-electron chi connectivity index (χ0n) is 22.6. The Bertz CT molecular complexity index is 1300. The van der Waals surface area contributed by atoms with Crippen molar-refractivity contribution in [1.82, 2.24) is 0 Å². The quantitative estimate of drug-likeness (QED) is 0.485. The first-order chi connectivity index (χ1) is 18.1. The monoisotopic (exact) mass is 541 g/mol. The summed E-state index contributed by atoms with van der Waals surface area (Å²) in [5, 5.41) is 8.49. The lowest BCUT2D eigenvalue weighted by Gasteiger charge is -2.37. The van der Waals surface area contributed by atoms with Gasteiger partial charge in [0.15, 0.2) is 0 Å². The SMILES string of the molecule is COc1cccc(-c2cc(C)c3c(c2)C2(CCCCC2)CN3S(=O)(=O)C2CC[C@@H](OCC(=O)O)C(C)C2)c1. The van der Waals surface area contributed by atoms with E-state index in [-0.39, 0.29) is 24.0 Å². The predicted molar refractivity (Wildman–Crippen MR) is 148 cm³/mol. The minimum Gasteiger partial charge on any atom is -0.497 e. The lowest BCUT2D eigenvalue weighted by molar-refractivity contribution is -0.146. The topological polar surface area (TPSA) is 93.1 Å². The van der Waals surface area contributed by atoms with E-state index in [0.717, 1.165) is 53.8 Å². The lowest BCUT2D eigenvalue weighted by atomic mass is 9.70. The van der Waals surface area contributed by atoms with Crippen LogP contribution in [-0.2, 0) is 25.0 Å². The molecular formula is C30H39NO6S. The number of aryl methyl sites for hydroxylation is 1. The molecule has 0 radical (unpaired) electrons. The van der Waals surface area contributed by atoms with Crippen molar-refractivity contribution in [1.29, 1.82) is 0 Å². The summed E-state index contributed by atoms with van der Waals surface area (Å²) in [7, 11) is -1.94. The van der Waals surface area contributed by atoms with E-state index in [4.69, 9.17) is 14.6 Å². The molecule has 206 valence electrons. The van der Waals surface area contributed by atoms with Crippen molar-refractivity contribution in [2.75, 3.05) is 24.6 Å². The number of carbonyl (C=O) groups is 1. The number of hydrogen-bond acceptors (Lipinski definition) is 5. The largest absolute Gasteiger partial charge is 0.497 e. The molecule has 2 aromatic carbocycles. The van der Waals surface area contributed by atoms with Gasteiger partial charge in [-0.3, -0.25) is 4.31 Å². The molecule has 2 aliphatic carbocycles. The van der Waals surface area contributed by atoms with Crippen LogP contribution in [0.25, 0.3) is 11.1 Å². The van der Waals surface area contributed by atoms with Gasteiger partial charge in [-0.1, -0.05) is 38.3 Å². The molecule has 2 saturated carbocycles. The van der Waals surface area contributed by atoms with Gasteiger partial charge < -0.3 is 14.6 Å². The van der Waals surface area contributed by atoms with E-state index in [0.29, 0.717) is 25.8 Å². The van der Waals surface area contributed by atoms with Crippen molar-refractivity contribution in [3.05, 3.63) is 47.5 Å². The second-order valence-electron chi connectivity index (χ2n) is 11.5. The van der Waals surface area contributed by atoms with E-state index >= 15 is 0 Å². The van der Waals surface area contributed by atoms with E-state index < -0.39 is 21.2 Å². The lowest BCUT2D eigenvalue weighted by Crippen LogP contribution is -2.46. The minimum atomic E-state index is -3.61. The third kappa shape index (κ3) is 4.93. The summed E-state index contributed by atoms with van der Waals surface area (Å²) < 4.78 is 41.3. The first kappa shape index (κ1) is 27.0. The van der Waals surface area contributed by atoms with Crippen LogP contribution in [0.2, 0.25) is 0 Å². The normalized spacial score (nSPS) is 24.8. The third-order valence-electron chi connectivity index (χ3n) is 8.97. The zero-order valence-corrected chi connectivity index (χ0v) is 23.4. The number of methoxy groups -OCH3 is 1. The van der Waals surface area contributed by atoms with E-state index in [2.05, 4.69) is 18.2 Å². The molecule has 2 aromatic rings. The average Bonchev–Trinajstić information content (AvgIpc) is 3.23. The van der Waals surface area contributed by atoms with E-state index in [1.54, 1.807) is 11.4 Å². The highest BCUT2D eigenvalue weighted by molar-refractivity contribution is 7.93. The Hall–Kier alpha value is -2.58. The first-order valence-electron chi connectivity index (χ1n) is 13.8. The van der Waals surface area contributed by atoms with Crippen molar-refractivity contribution in [3.63, 3.8) is 0 Å². The zero-order chi connectivity index (χ0) is 27.1. The Balaban J connectivity index is 1.50. The van der Waals surface area contributed by atoms with Gasteiger partial charge in [-0.15, -0.1) is 0 Å². The molecule has 1 spiro atoms. The van der Waals surface area contributed by atoms with Gasteiger partial charge in [-0.05, 0) is 91.5 Å². The van der Waals surface area contributed by atoms with Gasteiger partial charge in [0, 0.05) is 12.0 Å². The fourth-order valence-corrected chi connectivity index (χ4v) is 9.26. The van der Waals surface area contributed by atoms with Crippen LogP contribution in [0.15, 0.2) is 36.4 Å². The second kappa shape index (κ2) is 10.5. The summed E-state index contributed by atoms with van der Waals surface area (Å²) in [5.74, 6) is -0.221. The van der Waals surface area contributed by atoms with Crippen LogP contribution in [0, 0.1) is 12.8 Å². The minimum absolute atomic E-state index is 0.0230. The van der Waals surface area contributed by atoms with Gasteiger partial charge in [0.1, 0.15) is 12.4 Å². The summed E-state index contributed by atoms with van der Waals surface area (Å²) >= 11 is 0. The Morgan fingerprint density at radius 2 is 1.87 bits per heavy atom. The highest BCUT2D eigenvalue weighted by Gasteiger charge is 2.50. The highest BCUT2D eigenvalue weighted by atomic mass is 32.2. The van der Waals surface area contributed by atoms with E-state index in [1.807, 2.05) is 32.0 Å². The number of sulfonamides is 1. The third-order valence-corrected chi connectivity index (χ3v) is 11.2. The molecule has 2 unspecified atom stereocenters. The number of nitrogens with zero attached hydrogens (tertiary/aromatic N) is 1. The number of fused-ring (bicyclic) bond motifs is 2. The fourth-order valence-electron chi connectivity index (χ4n) is 6.99. The van der Waals surface area contributed by atoms with Crippen LogP contribution >= 0.6 is 0 Å². The molecule has 0 aromatic heterocycles. The number of aliphatic carboxylic acids is 1. The molecular weight excluding hydrogens is 502 g/mol. The second-order valence-corrected chi connectivity index (χ2v) is 13.6. The molecule has 8 heteroatoms. The standard InChI is InChI=1S/C30H39NO6S/c1-20-15-25(10-11-27(20)37-18-28(32)33)38(34,35)31-19-30(12-5-4-6-13-30)26-17-23(14-21(2)29(26)31)22-8-7-9-24(16-22)36-3/h7-9,14,16-17,20,25,27H,4-6,10-13,15,18-19H2,1-3H3,(H,32,33)/t20?,25?,27-/m1/s1. The maximum Gasteiger partial charge on any atom is 0.329 e. The summed E-state index contributed by atoms with van der Waals surface area (Å²) in [6.45, 7) is 4.17. The Labute approximate surface area is 226 Å². The van der Waals surface area contributed by atoms with Crippen LogP contribution in [0.3, 0.4) is 0 Å². The Kier molecular flexibility index (Phi) is 7.48. The summed E-state index contributed by atoms with van der Waals surface area (Å²) in [5.41, 5.74) is 5.02. The van der Waals surface area contributed by atoms with Crippen LogP contribution in [0.4, 0.5) is 5.69 Å². The summed E-state index contributed by atoms with van der Waals surface area (Å²) in [4.78, 5) is 11.0. The van der Waals surface area contributed by atoms with E-state index in [9.17, 15) is 13.2 Å². The molecule has 38 heavy (non-hydrogen) atoms. The maximum absolute atomic E-state index is 14.3. The molecule has 0 bridgehead atoms. The summed E-state index contributed by atoms with van der Waals surface area (Å²) in [6.07, 6.45) is 6.70. The molecule has 1 heterocycles.